The van der Waals surface area contributed by atoms with Crippen molar-refractivity contribution < 1.29 is 22.7 Å². The Labute approximate surface area is 108 Å². The summed E-state index contributed by atoms with van der Waals surface area (Å²) in [4.78, 5) is 12.0. The summed E-state index contributed by atoms with van der Waals surface area (Å²) in [6.07, 6.45) is -3.47. The molecule has 1 aromatic carbocycles. The van der Waals surface area contributed by atoms with Crippen LogP contribution in [-0.4, -0.2) is 25.2 Å². The van der Waals surface area contributed by atoms with Gasteiger partial charge in [0, 0.05) is 12.0 Å². The second-order valence-electron chi connectivity index (χ2n) is 4.56. The van der Waals surface area contributed by atoms with Crippen molar-refractivity contribution in [2.45, 2.75) is 19.2 Å². The van der Waals surface area contributed by atoms with Crippen molar-refractivity contribution in [3.63, 3.8) is 0 Å². The van der Waals surface area contributed by atoms with Gasteiger partial charge in [-0.05, 0) is 37.6 Å². The van der Waals surface area contributed by atoms with Crippen LogP contribution in [0.2, 0.25) is 0 Å². The molecular weight excluding hydrogens is 259 g/mol. The Morgan fingerprint density at radius 2 is 2.21 bits per heavy atom. The molecule has 0 aliphatic carbocycles. The van der Waals surface area contributed by atoms with Gasteiger partial charge in [0.15, 0.2) is 5.78 Å². The van der Waals surface area contributed by atoms with Gasteiger partial charge in [-0.2, -0.15) is 0 Å². The number of nitrogens with one attached hydrogen (secondary N) is 1. The number of ketones is 1. The van der Waals surface area contributed by atoms with Gasteiger partial charge < -0.3 is 10.1 Å². The molecule has 1 aliphatic heterocycles. The van der Waals surface area contributed by atoms with Gasteiger partial charge in [0.2, 0.25) is 0 Å². The van der Waals surface area contributed by atoms with E-state index >= 15 is 0 Å². The number of carbonyl (C=O) groups excluding carboxylic acids is 1. The SMILES string of the molecule is O=C(CC1CCNC1)c1cccc(OC(F)(F)F)c1. The molecule has 0 amide bonds. The first kappa shape index (κ1) is 13.9. The van der Waals surface area contributed by atoms with E-state index in [4.69, 9.17) is 0 Å². The van der Waals surface area contributed by atoms with E-state index in [-0.39, 0.29) is 23.0 Å². The summed E-state index contributed by atoms with van der Waals surface area (Å²) < 4.78 is 40.1. The predicted octanol–water partition coefficient (Wildman–Crippen LogP) is 2.77. The average molecular weight is 273 g/mol. The molecule has 3 nitrogen and oxygen atoms in total. The quantitative estimate of drug-likeness (QED) is 0.857. The van der Waals surface area contributed by atoms with Gasteiger partial charge >= 0.3 is 6.36 Å². The Morgan fingerprint density at radius 3 is 2.84 bits per heavy atom. The van der Waals surface area contributed by atoms with E-state index in [0.29, 0.717) is 6.42 Å². The Hall–Kier alpha value is -1.56. The Bertz CT molecular complexity index is 453. The summed E-state index contributed by atoms with van der Waals surface area (Å²) in [7, 11) is 0. The molecule has 0 radical (unpaired) electrons. The van der Waals surface area contributed by atoms with Crippen LogP contribution in [0, 0.1) is 5.92 Å². The highest BCUT2D eigenvalue weighted by molar-refractivity contribution is 5.96. The molecule has 0 spiro atoms. The second kappa shape index (κ2) is 5.61. The van der Waals surface area contributed by atoms with Gasteiger partial charge in [0.05, 0.1) is 0 Å². The van der Waals surface area contributed by atoms with E-state index < -0.39 is 6.36 Å². The molecule has 0 aromatic heterocycles. The predicted molar refractivity (Wildman–Crippen MR) is 63.0 cm³/mol. The van der Waals surface area contributed by atoms with Gasteiger partial charge in [-0.15, -0.1) is 13.2 Å². The number of halogens is 3. The van der Waals surface area contributed by atoms with Gasteiger partial charge in [0.25, 0.3) is 0 Å². The lowest BCUT2D eigenvalue weighted by Crippen LogP contribution is -2.17. The lowest BCUT2D eigenvalue weighted by Gasteiger charge is -2.11. The van der Waals surface area contributed by atoms with Crippen molar-refractivity contribution in [1.29, 1.82) is 0 Å². The van der Waals surface area contributed by atoms with Crippen LogP contribution < -0.4 is 10.1 Å². The minimum atomic E-state index is -4.74. The fourth-order valence-electron chi connectivity index (χ4n) is 2.14. The third-order valence-corrected chi connectivity index (χ3v) is 3.03. The molecule has 1 unspecified atom stereocenters. The van der Waals surface area contributed by atoms with Crippen molar-refractivity contribution >= 4 is 5.78 Å². The van der Waals surface area contributed by atoms with Crippen LogP contribution in [-0.2, 0) is 0 Å². The van der Waals surface area contributed by atoms with E-state index in [1.165, 1.54) is 18.2 Å². The molecule has 2 rings (SSSR count). The van der Waals surface area contributed by atoms with Gasteiger partial charge in [-0.3, -0.25) is 4.79 Å². The van der Waals surface area contributed by atoms with E-state index in [1.54, 1.807) is 0 Å². The first-order valence-corrected chi connectivity index (χ1v) is 6.04. The summed E-state index contributed by atoms with van der Waals surface area (Å²) in [6, 6.07) is 5.22. The van der Waals surface area contributed by atoms with Gasteiger partial charge in [-0.25, -0.2) is 0 Å². The fraction of sp³-hybridized carbons (Fsp3) is 0.462. The molecule has 1 atom stereocenters. The molecular formula is C13H14F3NO2. The van der Waals surface area contributed by atoms with Crippen LogP contribution in [0.5, 0.6) is 5.75 Å². The Balaban J connectivity index is 2.03. The number of hydrogen-bond donors (Lipinski definition) is 1. The van der Waals surface area contributed by atoms with Crippen LogP contribution >= 0.6 is 0 Å². The van der Waals surface area contributed by atoms with E-state index in [9.17, 15) is 18.0 Å². The van der Waals surface area contributed by atoms with E-state index in [1.807, 2.05) is 0 Å². The van der Waals surface area contributed by atoms with Crippen molar-refractivity contribution in [2.24, 2.45) is 5.92 Å². The number of carbonyl (C=O) groups is 1. The number of ether oxygens (including phenoxy) is 1. The molecule has 19 heavy (non-hydrogen) atoms. The van der Waals surface area contributed by atoms with Crippen LogP contribution in [0.1, 0.15) is 23.2 Å². The van der Waals surface area contributed by atoms with E-state index in [0.717, 1.165) is 25.6 Å². The number of Topliss-reactive ketones (excluding diaryl/α,β-unsaturated/α-hetero) is 1. The molecule has 0 saturated carbocycles. The lowest BCUT2D eigenvalue weighted by molar-refractivity contribution is -0.274. The van der Waals surface area contributed by atoms with Gasteiger partial charge in [0.1, 0.15) is 5.75 Å². The Morgan fingerprint density at radius 1 is 1.42 bits per heavy atom. The average Bonchev–Trinajstić information content (AvgIpc) is 2.80. The highest BCUT2D eigenvalue weighted by atomic mass is 19.4. The molecule has 1 aliphatic rings. The second-order valence-corrected chi connectivity index (χ2v) is 4.56. The van der Waals surface area contributed by atoms with Crippen LogP contribution in [0.25, 0.3) is 0 Å². The van der Waals surface area contributed by atoms with Crippen molar-refractivity contribution in [3.8, 4) is 5.75 Å². The van der Waals surface area contributed by atoms with Crippen molar-refractivity contribution in [2.75, 3.05) is 13.1 Å². The maximum atomic E-state index is 12.1. The first-order valence-electron chi connectivity index (χ1n) is 6.04. The van der Waals surface area contributed by atoms with Gasteiger partial charge in [-0.1, -0.05) is 12.1 Å². The third kappa shape index (κ3) is 4.24. The standard InChI is InChI=1S/C13H14F3NO2/c14-13(15,16)19-11-3-1-2-10(7-11)12(18)6-9-4-5-17-8-9/h1-3,7,9,17H,4-6,8H2. The van der Waals surface area contributed by atoms with Crippen molar-refractivity contribution in [3.05, 3.63) is 29.8 Å². The molecule has 1 aromatic rings. The highest BCUT2D eigenvalue weighted by Crippen LogP contribution is 2.24. The molecule has 0 bridgehead atoms. The largest absolute Gasteiger partial charge is 0.573 e. The van der Waals surface area contributed by atoms with Crippen molar-refractivity contribution in [1.82, 2.24) is 5.32 Å². The maximum absolute atomic E-state index is 12.1. The first-order chi connectivity index (χ1) is 8.94. The van der Waals surface area contributed by atoms with E-state index in [2.05, 4.69) is 10.1 Å². The number of hydrogen-bond acceptors (Lipinski definition) is 3. The number of benzene rings is 1. The fourth-order valence-corrected chi connectivity index (χ4v) is 2.14. The zero-order valence-corrected chi connectivity index (χ0v) is 10.2. The molecule has 1 saturated heterocycles. The monoisotopic (exact) mass is 273 g/mol. The molecule has 1 heterocycles. The Kier molecular flexibility index (Phi) is 4.09. The number of alkyl halides is 3. The summed E-state index contributed by atoms with van der Waals surface area (Å²) in [6.45, 7) is 1.67. The highest BCUT2D eigenvalue weighted by Gasteiger charge is 2.31. The minimum Gasteiger partial charge on any atom is -0.406 e. The molecule has 1 N–H and O–H groups in total. The smallest absolute Gasteiger partial charge is 0.406 e. The topological polar surface area (TPSA) is 38.3 Å². The molecule has 104 valence electrons. The van der Waals surface area contributed by atoms with Crippen LogP contribution in [0.15, 0.2) is 24.3 Å². The zero-order chi connectivity index (χ0) is 13.9. The minimum absolute atomic E-state index is 0.152. The normalized spacial score (nSPS) is 19.4. The van der Waals surface area contributed by atoms with Crippen LogP contribution in [0.4, 0.5) is 13.2 Å². The molecule has 6 heteroatoms. The maximum Gasteiger partial charge on any atom is 0.573 e. The summed E-state index contributed by atoms with van der Waals surface area (Å²) in [5.74, 6) is -0.246. The lowest BCUT2D eigenvalue weighted by atomic mass is 9.97. The summed E-state index contributed by atoms with van der Waals surface area (Å²) in [5, 5.41) is 3.15. The summed E-state index contributed by atoms with van der Waals surface area (Å²) >= 11 is 0. The number of rotatable bonds is 4. The molecule has 1 fully saturated rings. The summed E-state index contributed by atoms with van der Waals surface area (Å²) in [5.41, 5.74) is 0.258. The van der Waals surface area contributed by atoms with Crippen LogP contribution in [0.3, 0.4) is 0 Å². The zero-order valence-electron chi connectivity index (χ0n) is 10.2. The third-order valence-electron chi connectivity index (χ3n) is 3.03.